The monoisotopic (exact) mass is 274 g/mol. The zero-order valence-electron chi connectivity index (χ0n) is 11.1. The molecule has 2 aromatic rings. The van der Waals surface area contributed by atoms with Crippen molar-refractivity contribution in [3.8, 4) is 11.5 Å². The first kappa shape index (κ1) is 12.9. The number of methoxy groups -OCH3 is 1. The molecule has 0 fully saturated rings. The minimum atomic E-state index is -1.18. The fourth-order valence-corrected chi connectivity index (χ4v) is 2.55. The molecule has 1 N–H and O–H groups in total. The summed E-state index contributed by atoms with van der Waals surface area (Å²) in [7, 11) is 1.57. The van der Waals surface area contributed by atoms with Gasteiger partial charge < -0.3 is 14.6 Å². The van der Waals surface area contributed by atoms with Gasteiger partial charge in [-0.1, -0.05) is 12.1 Å². The third kappa shape index (κ3) is 2.02. The summed E-state index contributed by atoms with van der Waals surface area (Å²) < 4.78 is 23.8. The molecule has 1 unspecified atom stereocenters. The van der Waals surface area contributed by atoms with Gasteiger partial charge in [0.15, 0.2) is 0 Å². The van der Waals surface area contributed by atoms with Crippen LogP contribution in [-0.4, -0.2) is 18.8 Å². The molecular weight excluding hydrogens is 259 g/mol. The molecule has 1 aliphatic rings. The van der Waals surface area contributed by atoms with E-state index in [4.69, 9.17) is 9.47 Å². The highest BCUT2D eigenvalue weighted by molar-refractivity contribution is 5.49. The Kier molecular flexibility index (Phi) is 3.10. The predicted molar refractivity (Wildman–Crippen MR) is 72.5 cm³/mol. The van der Waals surface area contributed by atoms with E-state index in [2.05, 4.69) is 0 Å². The van der Waals surface area contributed by atoms with E-state index < -0.39 is 5.60 Å². The number of hydrogen-bond donors (Lipinski definition) is 1. The molecule has 3 nitrogen and oxygen atoms in total. The van der Waals surface area contributed by atoms with Gasteiger partial charge in [-0.3, -0.25) is 0 Å². The van der Waals surface area contributed by atoms with Crippen molar-refractivity contribution in [2.75, 3.05) is 13.7 Å². The standard InChI is InChI=1S/C16H15FO3/c1-19-13-6-7-15-14(10-13)16(18,8-9-20-15)11-2-4-12(17)5-3-11/h2-7,10,18H,8-9H2,1H3. The lowest BCUT2D eigenvalue weighted by molar-refractivity contribution is 0.0346. The average Bonchev–Trinajstić information content (AvgIpc) is 2.48. The van der Waals surface area contributed by atoms with Crippen molar-refractivity contribution in [3.63, 3.8) is 0 Å². The molecule has 0 saturated carbocycles. The smallest absolute Gasteiger partial charge is 0.126 e. The summed E-state index contributed by atoms with van der Waals surface area (Å²) in [6.45, 7) is 0.410. The maximum absolute atomic E-state index is 13.1. The Morgan fingerprint density at radius 2 is 1.95 bits per heavy atom. The van der Waals surface area contributed by atoms with Crippen LogP contribution < -0.4 is 9.47 Å². The molecule has 1 atom stereocenters. The minimum Gasteiger partial charge on any atom is -0.497 e. The number of rotatable bonds is 2. The normalized spacial score (nSPS) is 20.9. The first-order chi connectivity index (χ1) is 9.63. The summed E-state index contributed by atoms with van der Waals surface area (Å²) in [4.78, 5) is 0. The van der Waals surface area contributed by atoms with Crippen molar-refractivity contribution in [1.82, 2.24) is 0 Å². The lowest BCUT2D eigenvalue weighted by Gasteiger charge is -2.35. The maximum Gasteiger partial charge on any atom is 0.126 e. The van der Waals surface area contributed by atoms with Gasteiger partial charge in [-0.25, -0.2) is 4.39 Å². The molecule has 0 radical (unpaired) electrons. The topological polar surface area (TPSA) is 38.7 Å². The quantitative estimate of drug-likeness (QED) is 0.915. The van der Waals surface area contributed by atoms with Crippen LogP contribution in [0.2, 0.25) is 0 Å². The maximum atomic E-state index is 13.1. The van der Waals surface area contributed by atoms with Gasteiger partial charge in [0.05, 0.1) is 13.7 Å². The van der Waals surface area contributed by atoms with Crippen LogP contribution in [0.4, 0.5) is 4.39 Å². The summed E-state index contributed by atoms with van der Waals surface area (Å²) in [6, 6.07) is 11.2. The number of fused-ring (bicyclic) bond motifs is 1. The van der Waals surface area contributed by atoms with E-state index in [0.29, 0.717) is 35.7 Å². The lowest BCUT2D eigenvalue weighted by atomic mass is 9.82. The molecule has 0 amide bonds. The Morgan fingerprint density at radius 1 is 1.20 bits per heavy atom. The van der Waals surface area contributed by atoms with Gasteiger partial charge in [0.25, 0.3) is 0 Å². The van der Waals surface area contributed by atoms with Gasteiger partial charge in [-0.15, -0.1) is 0 Å². The molecule has 0 saturated heterocycles. The van der Waals surface area contributed by atoms with Crippen LogP contribution >= 0.6 is 0 Å². The Bertz CT molecular complexity index is 624. The van der Waals surface area contributed by atoms with E-state index in [9.17, 15) is 9.50 Å². The van der Waals surface area contributed by atoms with E-state index in [-0.39, 0.29) is 5.82 Å². The Morgan fingerprint density at radius 3 is 2.65 bits per heavy atom. The first-order valence-corrected chi connectivity index (χ1v) is 6.43. The molecule has 2 aromatic carbocycles. The van der Waals surface area contributed by atoms with E-state index in [1.807, 2.05) is 0 Å². The molecule has 0 bridgehead atoms. The van der Waals surface area contributed by atoms with E-state index in [1.54, 1.807) is 37.4 Å². The predicted octanol–water partition coefficient (Wildman–Crippen LogP) is 2.85. The minimum absolute atomic E-state index is 0.324. The van der Waals surface area contributed by atoms with Crippen LogP contribution in [0.1, 0.15) is 17.5 Å². The SMILES string of the molecule is COc1ccc2c(c1)C(O)(c1ccc(F)cc1)CCO2. The highest BCUT2D eigenvalue weighted by Gasteiger charge is 2.37. The molecule has 1 heterocycles. The molecular formula is C16H15FO3. The van der Waals surface area contributed by atoms with Crippen LogP contribution in [0.25, 0.3) is 0 Å². The third-order valence-corrected chi connectivity index (χ3v) is 3.68. The first-order valence-electron chi connectivity index (χ1n) is 6.43. The van der Waals surface area contributed by atoms with E-state index in [1.165, 1.54) is 12.1 Å². The zero-order valence-corrected chi connectivity index (χ0v) is 11.1. The Labute approximate surface area is 116 Å². The molecule has 3 rings (SSSR count). The van der Waals surface area contributed by atoms with Crippen molar-refractivity contribution < 1.29 is 19.0 Å². The van der Waals surface area contributed by atoms with Crippen LogP contribution in [0, 0.1) is 5.82 Å². The lowest BCUT2D eigenvalue weighted by Crippen LogP contribution is -2.33. The molecule has 4 heteroatoms. The second-order valence-corrected chi connectivity index (χ2v) is 4.83. The zero-order chi connectivity index (χ0) is 14.2. The highest BCUT2D eigenvalue weighted by atomic mass is 19.1. The van der Waals surface area contributed by atoms with Crippen LogP contribution in [0.15, 0.2) is 42.5 Å². The largest absolute Gasteiger partial charge is 0.497 e. The van der Waals surface area contributed by atoms with Gasteiger partial charge in [0.2, 0.25) is 0 Å². The van der Waals surface area contributed by atoms with Gasteiger partial charge in [0.1, 0.15) is 22.9 Å². The number of aliphatic hydroxyl groups is 1. The third-order valence-electron chi connectivity index (χ3n) is 3.68. The van der Waals surface area contributed by atoms with Gasteiger partial charge >= 0.3 is 0 Å². The van der Waals surface area contributed by atoms with Gasteiger partial charge in [-0.2, -0.15) is 0 Å². The van der Waals surface area contributed by atoms with E-state index >= 15 is 0 Å². The molecule has 0 spiro atoms. The summed E-state index contributed by atoms with van der Waals surface area (Å²) in [5.41, 5.74) is 0.113. The van der Waals surface area contributed by atoms with Crippen LogP contribution in [0.3, 0.4) is 0 Å². The Balaban J connectivity index is 2.13. The van der Waals surface area contributed by atoms with E-state index in [0.717, 1.165) is 0 Å². The fourth-order valence-electron chi connectivity index (χ4n) is 2.55. The molecule has 0 aliphatic carbocycles. The average molecular weight is 274 g/mol. The Hall–Kier alpha value is -2.07. The molecule has 104 valence electrons. The number of hydrogen-bond acceptors (Lipinski definition) is 3. The van der Waals surface area contributed by atoms with Crippen molar-refractivity contribution in [2.24, 2.45) is 0 Å². The summed E-state index contributed by atoms with van der Waals surface area (Å²) in [5.74, 6) is 0.953. The summed E-state index contributed by atoms with van der Waals surface area (Å²) in [5, 5.41) is 11.0. The van der Waals surface area contributed by atoms with Crippen molar-refractivity contribution >= 4 is 0 Å². The van der Waals surface area contributed by atoms with Crippen molar-refractivity contribution in [3.05, 3.63) is 59.4 Å². The number of halogens is 1. The van der Waals surface area contributed by atoms with Crippen LogP contribution in [-0.2, 0) is 5.60 Å². The summed E-state index contributed by atoms with van der Waals surface area (Å²) >= 11 is 0. The van der Waals surface area contributed by atoms with Crippen molar-refractivity contribution in [2.45, 2.75) is 12.0 Å². The highest BCUT2D eigenvalue weighted by Crippen LogP contribution is 2.43. The molecule has 0 aromatic heterocycles. The molecule has 20 heavy (non-hydrogen) atoms. The number of ether oxygens (including phenoxy) is 2. The second kappa shape index (κ2) is 4.80. The van der Waals surface area contributed by atoms with Crippen molar-refractivity contribution in [1.29, 1.82) is 0 Å². The van der Waals surface area contributed by atoms with Gasteiger partial charge in [0, 0.05) is 12.0 Å². The fraction of sp³-hybridized carbons (Fsp3) is 0.250. The molecule has 1 aliphatic heterocycles. The van der Waals surface area contributed by atoms with Gasteiger partial charge in [-0.05, 0) is 35.9 Å². The van der Waals surface area contributed by atoms with Crippen LogP contribution in [0.5, 0.6) is 11.5 Å². The summed E-state index contributed by atoms with van der Waals surface area (Å²) in [6.07, 6.45) is 0.415. The second-order valence-electron chi connectivity index (χ2n) is 4.83. The number of benzene rings is 2.